The molecule has 1 nitrogen and oxygen atoms in total. The molecule has 0 bridgehead atoms. The Balaban J connectivity index is 2.14. The van der Waals surface area contributed by atoms with Crippen LogP contribution in [0.3, 0.4) is 0 Å². The van der Waals surface area contributed by atoms with Gasteiger partial charge in [-0.05, 0) is 42.0 Å². The first-order valence-corrected chi connectivity index (χ1v) is 6.12. The summed E-state index contributed by atoms with van der Waals surface area (Å²) in [6.07, 6.45) is 2.17. The molecule has 0 aromatic heterocycles. The van der Waals surface area contributed by atoms with Gasteiger partial charge >= 0.3 is 0 Å². The van der Waals surface area contributed by atoms with Crippen molar-refractivity contribution in [1.82, 2.24) is 0 Å². The van der Waals surface area contributed by atoms with Crippen molar-refractivity contribution in [2.75, 3.05) is 0 Å². The monoisotopic (exact) mass is 226 g/mol. The smallest absolute Gasteiger partial charge is 0.115 e. The molecule has 0 radical (unpaired) electrons. The van der Waals surface area contributed by atoms with Gasteiger partial charge in [0.15, 0.2) is 0 Å². The topological polar surface area (TPSA) is 20.2 Å². The standard InChI is InChI=1S/C16H18O/c1-2-14(12-13-6-4-3-5-7-13)15-8-10-16(17)11-9-15/h3-11,14,17H,2,12H2,1H3. The van der Waals surface area contributed by atoms with E-state index in [9.17, 15) is 5.11 Å². The third kappa shape index (κ3) is 3.10. The normalized spacial score (nSPS) is 12.3. The first-order chi connectivity index (χ1) is 8.29. The van der Waals surface area contributed by atoms with E-state index in [1.54, 1.807) is 12.1 Å². The van der Waals surface area contributed by atoms with Crippen LogP contribution in [0.25, 0.3) is 0 Å². The van der Waals surface area contributed by atoms with Crippen LogP contribution < -0.4 is 0 Å². The fourth-order valence-corrected chi connectivity index (χ4v) is 2.14. The van der Waals surface area contributed by atoms with Crippen molar-refractivity contribution in [2.45, 2.75) is 25.7 Å². The molecule has 1 atom stereocenters. The maximum Gasteiger partial charge on any atom is 0.115 e. The van der Waals surface area contributed by atoms with Crippen LogP contribution in [0.15, 0.2) is 54.6 Å². The molecule has 0 aliphatic carbocycles. The minimum Gasteiger partial charge on any atom is -0.508 e. The van der Waals surface area contributed by atoms with Crippen LogP contribution in [0.5, 0.6) is 5.75 Å². The highest BCUT2D eigenvalue weighted by Crippen LogP contribution is 2.25. The number of benzene rings is 2. The average molecular weight is 226 g/mol. The Labute approximate surface area is 103 Å². The highest BCUT2D eigenvalue weighted by molar-refractivity contribution is 5.30. The van der Waals surface area contributed by atoms with E-state index in [1.807, 2.05) is 18.2 Å². The molecule has 2 rings (SSSR count). The van der Waals surface area contributed by atoms with Gasteiger partial charge in [0.2, 0.25) is 0 Å². The molecule has 0 saturated heterocycles. The van der Waals surface area contributed by atoms with Crippen molar-refractivity contribution in [2.24, 2.45) is 0 Å². The number of phenols is 1. The Morgan fingerprint density at radius 3 is 2.18 bits per heavy atom. The molecule has 0 spiro atoms. The van der Waals surface area contributed by atoms with Crippen molar-refractivity contribution < 1.29 is 5.11 Å². The SMILES string of the molecule is CCC(Cc1ccccc1)c1ccc(O)cc1. The predicted octanol–water partition coefficient (Wildman–Crippen LogP) is 4.13. The minimum atomic E-state index is 0.336. The molecule has 2 aromatic carbocycles. The molecular weight excluding hydrogens is 208 g/mol. The van der Waals surface area contributed by atoms with Gasteiger partial charge in [0.05, 0.1) is 0 Å². The van der Waals surface area contributed by atoms with E-state index in [4.69, 9.17) is 0 Å². The highest BCUT2D eigenvalue weighted by atomic mass is 16.3. The van der Waals surface area contributed by atoms with Crippen LogP contribution in [0.1, 0.15) is 30.4 Å². The first-order valence-electron chi connectivity index (χ1n) is 6.12. The fourth-order valence-electron chi connectivity index (χ4n) is 2.14. The maximum absolute atomic E-state index is 9.30. The van der Waals surface area contributed by atoms with Gasteiger partial charge in [-0.15, -0.1) is 0 Å². The van der Waals surface area contributed by atoms with Gasteiger partial charge in [0, 0.05) is 0 Å². The second kappa shape index (κ2) is 5.53. The highest BCUT2D eigenvalue weighted by Gasteiger charge is 2.09. The Hall–Kier alpha value is -1.76. The summed E-state index contributed by atoms with van der Waals surface area (Å²) in [5.41, 5.74) is 2.67. The van der Waals surface area contributed by atoms with Gasteiger partial charge in [-0.3, -0.25) is 0 Å². The molecule has 0 aliphatic rings. The summed E-state index contributed by atoms with van der Waals surface area (Å²) < 4.78 is 0. The lowest BCUT2D eigenvalue weighted by atomic mass is 9.90. The molecule has 0 heterocycles. The van der Waals surface area contributed by atoms with Crippen LogP contribution in [0, 0.1) is 0 Å². The number of aromatic hydroxyl groups is 1. The molecule has 1 N–H and O–H groups in total. The van der Waals surface area contributed by atoms with Crippen molar-refractivity contribution in [3.63, 3.8) is 0 Å². The quantitative estimate of drug-likeness (QED) is 0.831. The first kappa shape index (κ1) is 11.7. The Kier molecular flexibility index (Phi) is 3.81. The third-order valence-corrected chi connectivity index (χ3v) is 3.18. The van der Waals surface area contributed by atoms with Crippen LogP contribution in [0.2, 0.25) is 0 Å². The largest absolute Gasteiger partial charge is 0.508 e. The minimum absolute atomic E-state index is 0.336. The van der Waals surface area contributed by atoms with E-state index in [-0.39, 0.29) is 0 Å². The molecule has 0 amide bonds. The summed E-state index contributed by atoms with van der Waals surface area (Å²) >= 11 is 0. The molecule has 88 valence electrons. The number of hydrogen-bond acceptors (Lipinski definition) is 1. The van der Waals surface area contributed by atoms with Crippen molar-refractivity contribution in [3.05, 3.63) is 65.7 Å². The summed E-state index contributed by atoms with van der Waals surface area (Å²) in [5, 5.41) is 9.30. The van der Waals surface area contributed by atoms with Gasteiger partial charge in [0.25, 0.3) is 0 Å². The number of hydrogen-bond donors (Lipinski definition) is 1. The fraction of sp³-hybridized carbons (Fsp3) is 0.250. The Bertz CT molecular complexity index is 445. The molecule has 17 heavy (non-hydrogen) atoms. The lowest BCUT2D eigenvalue weighted by molar-refractivity contribution is 0.474. The van der Waals surface area contributed by atoms with Gasteiger partial charge in [0.1, 0.15) is 5.75 Å². The Morgan fingerprint density at radius 1 is 0.941 bits per heavy atom. The number of rotatable bonds is 4. The summed E-state index contributed by atoms with van der Waals surface area (Å²) in [6.45, 7) is 2.21. The number of phenolic OH excluding ortho intramolecular Hbond substituents is 1. The van der Waals surface area contributed by atoms with Crippen molar-refractivity contribution in [1.29, 1.82) is 0 Å². The zero-order valence-electron chi connectivity index (χ0n) is 10.1. The molecular formula is C16H18O. The summed E-state index contributed by atoms with van der Waals surface area (Å²) in [6, 6.07) is 18.1. The van der Waals surface area contributed by atoms with Crippen molar-refractivity contribution >= 4 is 0 Å². The zero-order chi connectivity index (χ0) is 12.1. The average Bonchev–Trinajstić information content (AvgIpc) is 2.38. The second-order valence-corrected chi connectivity index (χ2v) is 4.39. The summed E-state index contributed by atoms with van der Waals surface area (Å²) in [7, 11) is 0. The van der Waals surface area contributed by atoms with Gasteiger partial charge in [-0.25, -0.2) is 0 Å². The van der Waals surface area contributed by atoms with E-state index in [2.05, 4.69) is 31.2 Å². The molecule has 2 aromatic rings. The Morgan fingerprint density at radius 2 is 1.59 bits per heavy atom. The van der Waals surface area contributed by atoms with E-state index in [0.29, 0.717) is 11.7 Å². The van der Waals surface area contributed by atoms with E-state index in [0.717, 1.165) is 12.8 Å². The molecule has 0 fully saturated rings. The van der Waals surface area contributed by atoms with Crippen LogP contribution in [-0.4, -0.2) is 5.11 Å². The van der Waals surface area contributed by atoms with E-state index >= 15 is 0 Å². The molecule has 1 unspecified atom stereocenters. The third-order valence-electron chi connectivity index (χ3n) is 3.18. The van der Waals surface area contributed by atoms with Gasteiger partial charge in [-0.1, -0.05) is 49.4 Å². The molecule has 0 aliphatic heterocycles. The maximum atomic E-state index is 9.30. The summed E-state index contributed by atoms with van der Waals surface area (Å²) in [5.74, 6) is 0.862. The van der Waals surface area contributed by atoms with E-state index in [1.165, 1.54) is 11.1 Å². The molecule has 0 saturated carbocycles. The van der Waals surface area contributed by atoms with Crippen LogP contribution in [0.4, 0.5) is 0 Å². The summed E-state index contributed by atoms with van der Waals surface area (Å²) in [4.78, 5) is 0. The molecule has 1 heteroatoms. The predicted molar refractivity (Wildman–Crippen MR) is 71.3 cm³/mol. The zero-order valence-corrected chi connectivity index (χ0v) is 10.1. The lowest BCUT2D eigenvalue weighted by Crippen LogP contribution is -2.01. The van der Waals surface area contributed by atoms with Crippen LogP contribution >= 0.6 is 0 Å². The van der Waals surface area contributed by atoms with Crippen molar-refractivity contribution in [3.8, 4) is 5.75 Å². The van der Waals surface area contributed by atoms with Gasteiger partial charge < -0.3 is 5.11 Å². The van der Waals surface area contributed by atoms with E-state index < -0.39 is 0 Å². The van der Waals surface area contributed by atoms with Crippen LogP contribution in [-0.2, 0) is 6.42 Å². The lowest BCUT2D eigenvalue weighted by Gasteiger charge is -2.15. The second-order valence-electron chi connectivity index (χ2n) is 4.39. The van der Waals surface area contributed by atoms with Gasteiger partial charge in [-0.2, -0.15) is 0 Å².